The maximum Gasteiger partial charge on any atom is 0.297 e. The summed E-state index contributed by atoms with van der Waals surface area (Å²) in [7, 11) is 3.87. The number of hydrogen-bond donors (Lipinski definition) is 0. The molecule has 0 spiro atoms. The van der Waals surface area contributed by atoms with Crippen LogP contribution < -0.4 is 4.90 Å². The molecule has 4 aromatic rings. The van der Waals surface area contributed by atoms with Crippen LogP contribution in [0.25, 0.3) is 33.0 Å². The molecule has 0 unspecified atom stereocenters. The smallest absolute Gasteiger partial charge is 0.297 e. The molecular formula is C19H16N2O. The Balaban J connectivity index is 2.04. The van der Waals surface area contributed by atoms with E-state index in [2.05, 4.69) is 53.5 Å². The second-order valence-corrected chi connectivity index (χ2v) is 5.57. The van der Waals surface area contributed by atoms with Crippen LogP contribution in [0.3, 0.4) is 0 Å². The molecule has 0 amide bonds. The van der Waals surface area contributed by atoms with Crippen molar-refractivity contribution in [2.75, 3.05) is 19.0 Å². The van der Waals surface area contributed by atoms with Crippen LogP contribution in [0, 0.1) is 0 Å². The Hall–Kier alpha value is -2.81. The maximum atomic E-state index is 5.82. The fourth-order valence-electron chi connectivity index (χ4n) is 2.81. The van der Waals surface area contributed by atoms with Gasteiger partial charge >= 0.3 is 0 Å². The molecule has 3 heteroatoms. The van der Waals surface area contributed by atoms with Crippen LogP contribution in [0.15, 0.2) is 65.1 Å². The number of fused-ring (bicyclic) bond motifs is 2. The molecule has 0 aliphatic carbocycles. The molecular weight excluding hydrogens is 272 g/mol. The van der Waals surface area contributed by atoms with Gasteiger partial charge in [0.05, 0.1) is 0 Å². The van der Waals surface area contributed by atoms with Gasteiger partial charge in [0.15, 0.2) is 5.58 Å². The molecule has 1 heterocycles. The van der Waals surface area contributed by atoms with Gasteiger partial charge in [0.25, 0.3) is 6.01 Å². The number of para-hydroxylation sites is 1. The minimum absolute atomic E-state index is 0.627. The van der Waals surface area contributed by atoms with Gasteiger partial charge in [-0.05, 0) is 22.4 Å². The molecule has 0 atom stereocenters. The standard InChI is InChI=1S/C19H16N2O/c1-21(2)19-20-18-16(11-6-12-17(18)22-19)15-10-5-8-13-7-3-4-9-14(13)15/h3-12H,1-2H3. The molecule has 0 saturated heterocycles. The van der Waals surface area contributed by atoms with Crippen molar-refractivity contribution in [1.29, 1.82) is 0 Å². The molecule has 108 valence electrons. The molecule has 3 aromatic carbocycles. The van der Waals surface area contributed by atoms with Gasteiger partial charge in [-0.25, -0.2) is 0 Å². The number of oxazole rings is 1. The lowest BCUT2D eigenvalue weighted by Gasteiger charge is -2.07. The number of benzene rings is 3. The first-order valence-corrected chi connectivity index (χ1v) is 7.29. The molecule has 4 rings (SSSR count). The first-order chi connectivity index (χ1) is 10.7. The molecule has 1 aromatic heterocycles. The fourth-order valence-corrected chi connectivity index (χ4v) is 2.81. The lowest BCUT2D eigenvalue weighted by Crippen LogP contribution is -2.08. The Labute approximate surface area is 128 Å². The highest BCUT2D eigenvalue weighted by Crippen LogP contribution is 2.34. The molecule has 0 fully saturated rings. The summed E-state index contributed by atoms with van der Waals surface area (Å²) in [5.74, 6) is 0. The van der Waals surface area contributed by atoms with Crippen molar-refractivity contribution in [3.05, 3.63) is 60.7 Å². The zero-order valence-electron chi connectivity index (χ0n) is 12.6. The van der Waals surface area contributed by atoms with E-state index in [9.17, 15) is 0 Å². The number of hydrogen-bond acceptors (Lipinski definition) is 3. The van der Waals surface area contributed by atoms with Crippen LogP contribution in [0.4, 0.5) is 6.01 Å². The Bertz CT molecular complexity index is 964. The van der Waals surface area contributed by atoms with E-state index in [1.807, 2.05) is 31.1 Å². The predicted octanol–water partition coefficient (Wildman–Crippen LogP) is 4.71. The zero-order valence-corrected chi connectivity index (χ0v) is 12.6. The number of aromatic nitrogens is 1. The van der Waals surface area contributed by atoms with Gasteiger partial charge in [-0.3, -0.25) is 0 Å². The van der Waals surface area contributed by atoms with E-state index in [1.165, 1.54) is 16.3 Å². The predicted molar refractivity (Wildman–Crippen MR) is 91.3 cm³/mol. The second kappa shape index (κ2) is 4.88. The lowest BCUT2D eigenvalue weighted by atomic mass is 9.97. The fraction of sp³-hybridized carbons (Fsp3) is 0.105. The van der Waals surface area contributed by atoms with E-state index < -0.39 is 0 Å². The van der Waals surface area contributed by atoms with Crippen LogP contribution in [0.5, 0.6) is 0 Å². The summed E-state index contributed by atoms with van der Waals surface area (Å²) in [6.07, 6.45) is 0. The minimum atomic E-state index is 0.627. The Morgan fingerprint density at radius 1 is 0.818 bits per heavy atom. The molecule has 0 saturated carbocycles. The molecule has 0 N–H and O–H groups in total. The van der Waals surface area contributed by atoms with Crippen molar-refractivity contribution in [3.8, 4) is 11.1 Å². The summed E-state index contributed by atoms with van der Waals surface area (Å²) in [6.45, 7) is 0. The van der Waals surface area contributed by atoms with Crippen molar-refractivity contribution < 1.29 is 4.42 Å². The molecule has 3 nitrogen and oxygen atoms in total. The van der Waals surface area contributed by atoms with Gasteiger partial charge < -0.3 is 9.32 Å². The van der Waals surface area contributed by atoms with E-state index in [1.54, 1.807) is 0 Å². The molecule has 0 bridgehead atoms. The van der Waals surface area contributed by atoms with E-state index in [0.717, 1.165) is 16.7 Å². The quantitative estimate of drug-likeness (QED) is 0.534. The number of nitrogens with zero attached hydrogens (tertiary/aromatic N) is 2. The van der Waals surface area contributed by atoms with Crippen molar-refractivity contribution in [3.63, 3.8) is 0 Å². The van der Waals surface area contributed by atoms with Gasteiger partial charge in [-0.2, -0.15) is 4.98 Å². The average molecular weight is 288 g/mol. The topological polar surface area (TPSA) is 29.3 Å². The minimum Gasteiger partial charge on any atom is -0.423 e. The summed E-state index contributed by atoms with van der Waals surface area (Å²) < 4.78 is 5.82. The van der Waals surface area contributed by atoms with E-state index in [-0.39, 0.29) is 0 Å². The number of anilines is 1. The van der Waals surface area contributed by atoms with Crippen LogP contribution >= 0.6 is 0 Å². The van der Waals surface area contributed by atoms with Gasteiger partial charge in [0, 0.05) is 19.7 Å². The average Bonchev–Trinajstić information content (AvgIpc) is 2.99. The van der Waals surface area contributed by atoms with Gasteiger partial charge in [0.1, 0.15) is 5.52 Å². The third-order valence-corrected chi connectivity index (χ3v) is 3.87. The van der Waals surface area contributed by atoms with Crippen LogP contribution in [-0.4, -0.2) is 19.1 Å². The summed E-state index contributed by atoms with van der Waals surface area (Å²) in [5.41, 5.74) is 4.00. The maximum absolute atomic E-state index is 5.82. The third kappa shape index (κ3) is 1.94. The molecule has 22 heavy (non-hydrogen) atoms. The zero-order chi connectivity index (χ0) is 15.1. The third-order valence-electron chi connectivity index (χ3n) is 3.87. The van der Waals surface area contributed by atoms with Gasteiger partial charge in [-0.15, -0.1) is 0 Å². The first kappa shape index (κ1) is 12.9. The number of rotatable bonds is 2. The molecule has 0 radical (unpaired) electrons. The SMILES string of the molecule is CN(C)c1nc2c(-c3cccc4ccccc34)cccc2o1. The second-order valence-electron chi connectivity index (χ2n) is 5.57. The van der Waals surface area contributed by atoms with E-state index in [0.29, 0.717) is 6.01 Å². The Kier molecular flexibility index (Phi) is 2.86. The highest BCUT2D eigenvalue weighted by molar-refractivity contribution is 6.03. The summed E-state index contributed by atoms with van der Waals surface area (Å²) in [5, 5.41) is 2.46. The van der Waals surface area contributed by atoms with Crippen LogP contribution in [0.2, 0.25) is 0 Å². The highest BCUT2D eigenvalue weighted by atomic mass is 16.4. The summed E-state index contributed by atoms with van der Waals surface area (Å²) in [6, 6.07) is 21.5. The van der Waals surface area contributed by atoms with Gasteiger partial charge in [-0.1, -0.05) is 54.6 Å². The molecule has 0 aliphatic heterocycles. The van der Waals surface area contributed by atoms with Crippen molar-refractivity contribution in [1.82, 2.24) is 4.98 Å². The van der Waals surface area contributed by atoms with Crippen LogP contribution in [-0.2, 0) is 0 Å². The lowest BCUT2D eigenvalue weighted by molar-refractivity contribution is 0.597. The van der Waals surface area contributed by atoms with Crippen molar-refractivity contribution >= 4 is 27.9 Å². The molecule has 0 aliphatic rings. The highest BCUT2D eigenvalue weighted by Gasteiger charge is 2.13. The van der Waals surface area contributed by atoms with Gasteiger partial charge in [0.2, 0.25) is 0 Å². The van der Waals surface area contributed by atoms with E-state index >= 15 is 0 Å². The monoisotopic (exact) mass is 288 g/mol. The van der Waals surface area contributed by atoms with Crippen molar-refractivity contribution in [2.45, 2.75) is 0 Å². The Morgan fingerprint density at radius 3 is 2.41 bits per heavy atom. The van der Waals surface area contributed by atoms with Crippen molar-refractivity contribution in [2.24, 2.45) is 0 Å². The normalized spacial score (nSPS) is 11.2. The Morgan fingerprint density at radius 2 is 1.55 bits per heavy atom. The largest absolute Gasteiger partial charge is 0.423 e. The van der Waals surface area contributed by atoms with Crippen LogP contribution in [0.1, 0.15) is 0 Å². The van der Waals surface area contributed by atoms with E-state index in [4.69, 9.17) is 4.42 Å². The summed E-state index contributed by atoms with van der Waals surface area (Å²) >= 11 is 0. The first-order valence-electron chi connectivity index (χ1n) is 7.29. The summed E-state index contributed by atoms with van der Waals surface area (Å²) in [4.78, 5) is 6.54.